The van der Waals surface area contributed by atoms with Crippen LogP contribution in [0.25, 0.3) is 6.08 Å². The van der Waals surface area contributed by atoms with Gasteiger partial charge in [0, 0.05) is 12.1 Å². The van der Waals surface area contributed by atoms with E-state index < -0.39 is 16.9 Å². The summed E-state index contributed by atoms with van der Waals surface area (Å²) in [5.41, 5.74) is 2.45. The maximum atomic E-state index is 14.2. The van der Waals surface area contributed by atoms with E-state index in [2.05, 4.69) is 4.99 Å². The average molecular weight is 688 g/mol. The molecule has 0 N–H and O–H groups in total. The van der Waals surface area contributed by atoms with E-state index in [-0.39, 0.29) is 36.1 Å². The standard InChI is InChI=1S/C36H37N3O9S/c1-7-45-30-17-24(11-15-27(30)47-20-23-9-13-26(14-10-23)39(42)43)18-31-34(40)38-33(25-12-16-28(48-21(3)4)29(19-25)44-6)32(35(41)46-8-2)22(5)37-36(38)49-31/h9-19,21,33H,7-8,20H2,1-6H3/b31-18-/t33-/m1/s1. The number of benzene rings is 3. The number of non-ortho nitro benzene ring substituents is 1. The highest BCUT2D eigenvalue weighted by Gasteiger charge is 2.34. The van der Waals surface area contributed by atoms with Crippen LogP contribution in [0, 0.1) is 10.1 Å². The highest BCUT2D eigenvalue weighted by atomic mass is 32.1. The van der Waals surface area contributed by atoms with Gasteiger partial charge in [-0.1, -0.05) is 23.5 Å². The predicted octanol–water partition coefficient (Wildman–Crippen LogP) is 5.48. The molecule has 0 bridgehead atoms. The Labute approximate surface area is 286 Å². The molecule has 0 fully saturated rings. The van der Waals surface area contributed by atoms with Gasteiger partial charge in [-0.3, -0.25) is 19.5 Å². The summed E-state index contributed by atoms with van der Waals surface area (Å²) in [6, 6.07) is 16.0. The second-order valence-electron chi connectivity index (χ2n) is 11.2. The smallest absolute Gasteiger partial charge is 0.338 e. The van der Waals surface area contributed by atoms with Crippen molar-refractivity contribution >= 4 is 29.1 Å². The summed E-state index contributed by atoms with van der Waals surface area (Å²) in [6.07, 6.45) is 1.65. The number of carbonyl (C=O) groups is 1. The third kappa shape index (κ3) is 7.67. The van der Waals surface area contributed by atoms with E-state index in [1.807, 2.05) is 26.8 Å². The molecule has 2 heterocycles. The minimum absolute atomic E-state index is 0.000794. The summed E-state index contributed by atoms with van der Waals surface area (Å²) in [7, 11) is 1.54. The zero-order chi connectivity index (χ0) is 35.2. The number of esters is 1. The number of thiazole rings is 1. The maximum absolute atomic E-state index is 14.2. The highest BCUT2D eigenvalue weighted by molar-refractivity contribution is 7.07. The van der Waals surface area contributed by atoms with Crippen molar-refractivity contribution in [2.24, 2.45) is 4.99 Å². The van der Waals surface area contributed by atoms with Gasteiger partial charge in [0.2, 0.25) is 0 Å². The fraction of sp³-hybridized carbons (Fsp3) is 0.306. The molecule has 13 heteroatoms. The zero-order valence-corrected chi connectivity index (χ0v) is 28.9. The Kier molecular flexibility index (Phi) is 10.8. The van der Waals surface area contributed by atoms with Gasteiger partial charge in [0.15, 0.2) is 27.8 Å². The van der Waals surface area contributed by atoms with Gasteiger partial charge in [-0.15, -0.1) is 0 Å². The number of carbonyl (C=O) groups excluding carboxylic acids is 1. The molecule has 0 aliphatic carbocycles. The Morgan fingerprint density at radius 1 is 1.00 bits per heavy atom. The lowest BCUT2D eigenvalue weighted by Gasteiger charge is -2.25. The number of nitro benzene ring substituents is 1. The number of fused-ring (bicyclic) bond motifs is 1. The Morgan fingerprint density at radius 3 is 2.39 bits per heavy atom. The Morgan fingerprint density at radius 2 is 1.73 bits per heavy atom. The average Bonchev–Trinajstić information content (AvgIpc) is 3.37. The van der Waals surface area contributed by atoms with Gasteiger partial charge in [-0.2, -0.15) is 0 Å². The Hall–Kier alpha value is -5.43. The summed E-state index contributed by atoms with van der Waals surface area (Å²) in [5.74, 6) is 1.39. The molecule has 1 aliphatic rings. The number of nitro groups is 1. The number of rotatable bonds is 13. The zero-order valence-electron chi connectivity index (χ0n) is 28.1. The van der Waals surface area contributed by atoms with Gasteiger partial charge in [-0.05, 0) is 93.8 Å². The van der Waals surface area contributed by atoms with Gasteiger partial charge in [0.25, 0.3) is 11.2 Å². The summed E-state index contributed by atoms with van der Waals surface area (Å²) in [5, 5.41) is 11.0. The molecule has 0 radical (unpaired) electrons. The molecular weight excluding hydrogens is 650 g/mol. The Bertz CT molecular complexity index is 2080. The third-order valence-electron chi connectivity index (χ3n) is 7.49. The normalized spacial score (nSPS) is 14.3. The molecule has 0 saturated carbocycles. The van der Waals surface area contributed by atoms with Gasteiger partial charge in [-0.25, -0.2) is 9.79 Å². The van der Waals surface area contributed by atoms with Crippen molar-refractivity contribution in [3.8, 4) is 23.0 Å². The van der Waals surface area contributed by atoms with Crippen LogP contribution in [0.1, 0.15) is 57.4 Å². The number of hydrogen-bond donors (Lipinski definition) is 0. The predicted molar refractivity (Wildman–Crippen MR) is 184 cm³/mol. The minimum atomic E-state index is -0.825. The highest BCUT2D eigenvalue weighted by Crippen LogP contribution is 2.37. The van der Waals surface area contributed by atoms with Crippen molar-refractivity contribution in [3.63, 3.8) is 0 Å². The van der Waals surface area contributed by atoms with Gasteiger partial charge in [0.05, 0.1) is 53.2 Å². The monoisotopic (exact) mass is 687 g/mol. The van der Waals surface area contributed by atoms with Crippen LogP contribution in [0.15, 0.2) is 81.7 Å². The van der Waals surface area contributed by atoms with Crippen LogP contribution < -0.4 is 33.8 Å². The van der Waals surface area contributed by atoms with Crippen LogP contribution in [-0.4, -0.2) is 41.9 Å². The van der Waals surface area contributed by atoms with Crippen molar-refractivity contribution in [1.82, 2.24) is 4.57 Å². The summed E-state index contributed by atoms with van der Waals surface area (Å²) in [6.45, 7) is 9.84. The molecule has 0 saturated heterocycles. The molecule has 0 spiro atoms. The molecule has 1 atom stereocenters. The quantitative estimate of drug-likeness (QED) is 0.102. The van der Waals surface area contributed by atoms with Crippen molar-refractivity contribution in [1.29, 1.82) is 0 Å². The molecule has 256 valence electrons. The second kappa shape index (κ2) is 15.2. The first-order valence-corrected chi connectivity index (χ1v) is 16.5. The van der Waals surface area contributed by atoms with Crippen molar-refractivity contribution in [2.75, 3.05) is 20.3 Å². The van der Waals surface area contributed by atoms with Crippen LogP contribution in [-0.2, 0) is 16.1 Å². The van der Waals surface area contributed by atoms with E-state index in [1.54, 1.807) is 62.4 Å². The Balaban J connectivity index is 1.54. The molecule has 3 aromatic carbocycles. The van der Waals surface area contributed by atoms with Crippen molar-refractivity contribution in [2.45, 2.75) is 53.4 Å². The number of nitrogens with zero attached hydrogens (tertiary/aromatic N) is 3. The minimum Gasteiger partial charge on any atom is -0.493 e. The number of ether oxygens (including phenoxy) is 5. The van der Waals surface area contributed by atoms with Gasteiger partial charge < -0.3 is 23.7 Å². The first-order chi connectivity index (χ1) is 23.5. The maximum Gasteiger partial charge on any atom is 0.338 e. The first-order valence-electron chi connectivity index (χ1n) is 15.7. The lowest BCUT2D eigenvalue weighted by atomic mass is 9.95. The second-order valence-corrected chi connectivity index (χ2v) is 12.2. The number of aromatic nitrogens is 1. The SMILES string of the molecule is CCOC(=O)C1=C(C)N=c2s/c(=C\c3ccc(OCc4ccc([N+](=O)[O-])cc4)c(OCC)c3)c(=O)n2[C@@H]1c1ccc(OC(C)C)c(OC)c1. The van der Waals surface area contributed by atoms with E-state index in [0.717, 1.165) is 5.56 Å². The number of hydrogen-bond acceptors (Lipinski definition) is 11. The van der Waals surface area contributed by atoms with Crippen LogP contribution in [0.3, 0.4) is 0 Å². The van der Waals surface area contributed by atoms with Crippen molar-refractivity contribution < 1.29 is 33.4 Å². The largest absolute Gasteiger partial charge is 0.493 e. The summed E-state index contributed by atoms with van der Waals surface area (Å²) in [4.78, 5) is 43.1. The van der Waals surface area contributed by atoms with Gasteiger partial charge >= 0.3 is 5.97 Å². The lowest BCUT2D eigenvalue weighted by molar-refractivity contribution is -0.384. The molecule has 1 aliphatic heterocycles. The van der Waals surface area contributed by atoms with Crippen molar-refractivity contribution in [3.05, 3.63) is 118 Å². The van der Waals surface area contributed by atoms with E-state index in [9.17, 15) is 19.7 Å². The first kappa shape index (κ1) is 34.9. The van der Waals surface area contributed by atoms with E-state index >= 15 is 0 Å². The molecule has 0 amide bonds. The van der Waals surface area contributed by atoms with Crippen LogP contribution in [0.5, 0.6) is 23.0 Å². The molecule has 4 aromatic rings. The molecule has 1 aromatic heterocycles. The number of allylic oxidation sites excluding steroid dienone is 1. The van der Waals surface area contributed by atoms with Crippen LogP contribution in [0.2, 0.25) is 0 Å². The fourth-order valence-corrected chi connectivity index (χ4v) is 6.39. The topological polar surface area (TPSA) is 141 Å². The molecular formula is C36H37N3O9S. The third-order valence-corrected chi connectivity index (χ3v) is 8.47. The van der Waals surface area contributed by atoms with Crippen LogP contribution in [0.4, 0.5) is 5.69 Å². The van der Waals surface area contributed by atoms with Gasteiger partial charge in [0.1, 0.15) is 6.61 Å². The summed E-state index contributed by atoms with van der Waals surface area (Å²) >= 11 is 1.21. The van der Waals surface area contributed by atoms with Crippen LogP contribution >= 0.6 is 11.3 Å². The van der Waals surface area contributed by atoms with E-state index in [4.69, 9.17) is 23.7 Å². The molecule has 49 heavy (non-hydrogen) atoms. The fourth-order valence-electron chi connectivity index (χ4n) is 5.34. The summed E-state index contributed by atoms with van der Waals surface area (Å²) < 4.78 is 30.7. The molecule has 0 unspecified atom stereocenters. The van der Waals surface area contributed by atoms with E-state index in [0.29, 0.717) is 55.8 Å². The lowest BCUT2D eigenvalue weighted by Crippen LogP contribution is -2.40. The number of methoxy groups -OCH3 is 1. The van der Waals surface area contributed by atoms with E-state index in [1.165, 1.54) is 35.1 Å². The molecule has 5 rings (SSSR count). The molecule has 12 nitrogen and oxygen atoms in total.